The number of fused-ring (bicyclic) bond motifs is 1. The van der Waals surface area contributed by atoms with Gasteiger partial charge in [-0.05, 0) is 63.5 Å². The molecule has 1 N–H and O–H groups in total. The molecule has 0 aliphatic heterocycles. The average molecular weight is 690 g/mol. The minimum Gasteiger partial charge on any atom is -0.744 e. The fourth-order valence-electron chi connectivity index (χ4n) is 7.05. The van der Waals surface area contributed by atoms with E-state index in [-0.39, 0.29) is 16.0 Å². The Morgan fingerprint density at radius 1 is 0.479 bits per heavy atom. The molecule has 48 heavy (non-hydrogen) atoms. The minimum absolute atomic E-state index is 0.0435. The first kappa shape index (κ1) is 44.4. The molecule has 5 nitrogen and oxygen atoms in total. The third-order valence-electron chi connectivity index (χ3n) is 10.1. The van der Waals surface area contributed by atoms with Crippen molar-refractivity contribution >= 4 is 20.9 Å². The first-order valence-corrected chi connectivity index (χ1v) is 21.7. The predicted octanol–water partition coefficient (Wildman–Crippen LogP) is 12.7. The Morgan fingerprint density at radius 2 is 0.792 bits per heavy atom. The van der Waals surface area contributed by atoms with Crippen LogP contribution in [0, 0.1) is 0 Å². The lowest BCUT2D eigenvalue weighted by atomic mass is 10.0. The van der Waals surface area contributed by atoms with Crippen molar-refractivity contribution in [2.75, 3.05) is 26.2 Å². The molecule has 0 heterocycles. The van der Waals surface area contributed by atoms with E-state index in [1.807, 2.05) is 0 Å². The van der Waals surface area contributed by atoms with Gasteiger partial charge in [-0.3, -0.25) is 0 Å². The van der Waals surface area contributed by atoms with E-state index in [0.717, 1.165) is 6.07 Å². The second-order valence-corrected chi connectivity index (χ2v) is 15.7. The molecule has 0 radical (unpaired) electrons. The van der Waals surface area contributed by atoms with Crippen LogP contribution in [0.5, 0.6) is 5.75 Å². The van der Waals surface area contributed by atoms with Crippen LogP contribution in [0.1, 0.15) is 182 Å². The molecule has 0 atom stereocenters. The number of rotatable bonds is 29. The van der Waals surface area contributed by atoms with E-state index in [1.165, 1.54) is 197 Å². The molecule has 2 aromatic carbocycles. The summed E-state index contributed by atoms with van der Waals surface area (Å²) < 4.78 is 34.2. The van der Waals surface area contributed by atoms with Gasteiger partial charge < -0.3 is 14.1 Å². The highest BCUT2D eigenvalue weighted by molar-refractivity contribution is 7.86. The molecule has 0 aliphatic rings. The number of hydrogen-bond donors (Lipinski definition) is 1. The summed E-state index contributed by atoms with van der Waals surface area (Å²) in [7, 11) is -4.51. The molecule has 2 rings (SSSR count). The van der Waals surface area contributed by atoms with Crippen LogP contribution in [0.15, 0.2) is 41.3 Å². The molecule has 278 valence electrons. The van der Waals surface area contributed by atoms with Gasteiger partial charge in [-0.1, -0.05) is 155 Å². The van der Waals surface area contributed by atoms with Crippen molar-refractivity contribution in [3.05, 3.63) is 36.4 Å². The summed E-state index contributed by atoms with van der Waals surface area (Å²) in [6.45, 7) is 15.3. The zero-order chi connectivity index (χ0) is 35.4. The van der Waals surface area contributed by atoms with Crippen LogP contribution in [0.25, 0.3) is 10.8 Å². The summed E-state index contributed by atoms with van der Waals surface area (Å²) in [4.78, 5) is -0.309. The van der Waals surface area contributed by atoms with E-state index >= 15 is 0 Å². The largest absolute Gasteiger partial charge is 0.744 e. The van der Waals surface area contributed by atoms with Crippen LogP contribution < -0.4 is 0 Å². The molecule has 0 bridgehead atoms. The number of phenolic OH excluding ortho intramolecular Hbond substituents is 1. The summed E-state index contributed by atoms with van der Waals surface area (Å²) in [6, 6.07) is 8.62. The van der Waals surface area contributed by atoms with Crippen molar-refractivity contribution in [1.82, 2.24) is 0 Å². The van der Waals surface area contributed by atoms with E-state index in [4.69, 9.17) is 0 Å². The third kappa shape index (κ3) is 20.1. The second kappa shape index (κ2) is 28.1. The highest BCUT2D eigenvalue weighted by Crippen LogP contribution is 2.29. The van der Waals surface area contributed by atoms with Crippen molar-refractivity contribution in [2.45, 2.75) is 187 Å². The van der Waals surface area contributed by atoms with Crippen LogP contribution >= 0.6 is 0 Å². The van der Waals surface area contributed by atoms with Gasteiger partial charge in [0.15, 0.2) is 0 Å². The molecule has 0 saturated carbocycles. The van der Waals surface area contributed by atoms with Gasteiger partial charge in [0.1, 0.15) is 15.9 Å². The number of benzene rings is 2. The van der Waals surface area contributed by atoms with Gasteiger partial charge in [0, 0.05) is 10.8 Å². The summed E-state index contributed by atoms with van der Waals surface area (Å²) in [5.74, 6) is -0.0435. The molecule has 6 heteroatoms. The maximum atomic E-state index is 10.9. The zero-order valence-corrected chi connectivity index (χ0v) is 32.6. The standard InChI is InChI=1S/C32H68N.C10H8O4S/c1-5-9-13-17-21-25-29-33(30-26-22-18-14-10-6-2,31-27-23-19-15-11-7-3)32-28-24-20-16-12-8-4;11-9-5-6-10(15(12,13)14)8-4-2-1-3-7(8)9/h5-32H2,1-4H3;1-6,11H,(H,12,13,14)/q+1;/p-1. The third-order valence-corrected chi connectivity index (χ3v) is 11.0. The molecular weight excluding hydrogens is 615 g/mol. The van der Waals surface area contributed by atoms with Gasteiger partial charge in [0.25, 0.3) is 0 Å². The van der Waals surface area contributed by atoms with E-state index in [0.29, 0.717) is 5.39 Å². The van der Waals surface area contributed by atoms with Crippen molar-refractivity contribution in [3.63, 3.8) is 0 Å². The van der Waals surface area contributed by atoms with Crippen molar-refractivity contribution in [3.8, 4) is 5.75 Å². The highest BCUT2D eigenvalue weighted by atomic mass is 32.2. The number of aromatic hydroxyl groups is 1. The van der Waals surface area contributed by atoms with E-state index < -0.39 is 10.1 Å². The van der Waals surface area contributed by atoms with Crippen LogP contribution in [-0.4, -0.2) is 48.7 Å². The fraction of sp³-hybridized carbons (Fsp3) is 0.762. The lowest BCUT2D eigenvalue weighted by Gasteiger charge is -2.40. The summed E-state index contributed by atoms with van der Waals surface area (Å²) in [6.07, 6.45) is 34.8. The first-order chi connectivity index (χ1) is 23.2. The van der Waals surface area contributed by atoms with Crippen LogP contribution in [0.4, 0.5) is 0 Å². The molecule has 2 aromatic rings. The quantitative estimate of drug-likeness (QED) is 0.0524. The highest BCUT2D eigenvalue weighted by Gasteiger charge is 2.25. The number of nitrogens with zero attached hydrogens (tertiary/aromatic N) is 1. The molecule has 0 unspecified atom stereocenters. The molecule has 0 fully saturated rings. The van der Waals surface area contributed by atoms with Crippen LogP contribution in [0.3, 0.4) is 0 Å². The monoisotopic (exact) mass is 690 g/mol. The molecular formula is C42H75NO4S. The fourth-order valence-corrected chi connectivity index (χ4v) is 7.74. The van der Waals surface area contributed by atoms with Gasteiger partial charge in [-0.25, -0.2) is 8.42 Å². The van der Waals surface area contributed by atoms with Gasteiger partial charge in [-0.15, -0.1) is 0 Å². The Hall–Kier alpha value is -1.63. The molecule has 0 saturated heterocycles. The number of unbranched alkanes of at least 4 members (excludes halogenated alkanes) is 20. The maximum Gasteiger partial charge on any atom is 0.125 e. The molecule has 0 amide bonds. The summed E-state index contributed by atoms with van der Waals surface area (Å²) in [5.41, 5.74) is 0. The van der Waals surface area contributed by atoms with Gasteiger partial charge >= 0.3 is 0 Å². The summed E-state index contributed by atoms with van der Waals surface area (Å²) in [5, 5.41) is 10.1. The van der Waals surface area contributed by atoms with E-state index in [2.05, 4.69) is 27.7 Å². The smallest absolute Gasteiger partial charge is 0.125 e. The summed E-state index contributed by atoms with van der Waals surface area (Å²) >= 11 is 0. The van der Waals surface area contributed by atoms with Crippen LogP contribution in [-0.2, 0) is 10.1 Å². The minimum atomic E-state index is -4.51. The molecule has 0 aromatic heterocycles. The van der Waals surface area contributed by atoms with Crippen molar-refractivity contribution in [1.29, 1.82) is 0 Å². The number of quaternary nitrogens is 1. The lowest BCUT2D eigenvalue weighted by Crippen LogP contribution is -2.50. The average Bonchev–Trinajstić information content (AvgIpc) is 3.07. The lowest BCUT2D eigenvalue weighted by molar-refractivity contribution is -0.929. The molecule has 0 spiro atoms. The zero-order valence-electron chi connectivity index (χ0n) is 31.8. The van der Waals surface area contributed by atoms with Crippen molar-refractivity contribution in [2.24, 2.45) is 0 Å². The van der Waals surface area contributed by atoms with Gasteiger partial charge in [0.05, 0.1) is 31.1 Å². The predicted molar refractivity (Wildman–Crippen MR) is 207 cm³/mol. The van der Waals surface area contributed by atoms with E-state index in [1.54, 1.807) is 18.2 Å². The Morgan fingerprint density at radius 3 is 1.12 bits per heavy atom. The maximum absolute atomic E-state index is 10.9. The Balaban J connectivity index is 0.000000628. The van der Waals surface area contributed by atoms with Crippen molar-refractivity contribution < 1.29 is 22.6 Å². The SMILES string of the molecule is CCCCCCCC[N+](CCCCCCCC)(CCCCCCCC)CCCCCCCC.O=S(=O)([O-])c1ccc(O)c2ccccc12. The van der Waals surface area contributed by atoms with E-state index in [9.17, 15) is 18.1 Å². The number of phenols is 1. The van der Waals surface area contributed by atoms with Gasteiger partial charge in [-0.2, -0.15) is 0 Å². The Bertz CT molecular complexity index is 1080. The Kier molecular flexibility index (Phi) is 26.0. The van der Waals surface area contributed by atoms with Gasteiger partial charge in [0.2, 0.25) is 0 Å². The number of hydrogen-bond acceptors (Lipinski definition) is 4. The first-order valence-electron chi connectivity index (χ1n) is 20.3. The second-order valence-electron chi connectivity index (χ2n) is 14.4. The topological polar surface area (TPSA) is 77.4 Å². The van der Waals surface area contributed by atoms with Crippen LogP contribution in [0.2, 0.25) is 0 Å². The molecule has 0 aliphatic carbocycles. The normalized spacial score (nSPS) is 11.9. The Labute approximate surface area is 297 Å².